The molecule has 21 heavy (non-hydrogen) atoms. The second kappa shape index (κ2) is 9.64. The van der Waals surface area contributed by atoms with E-state index in [0.29, 0.717) is 12.5 Å². The lowest BCUT2D eigenvalue weighted by Gasteiger charge is -2.25. The Morgan fingerprint density at radius 1 is 1.19 bits per heavy atom. The number of nitrogens with one attached hydrogen (secondary N) is 2. The molecule has 4 nitrogen and oxygen atoms in total. The minimum absolute atomic E-state index is 0. The molecule has 120 valence electrons. The highest BCUT2D eigenvalue weighted by molar-refractivity contribution is 5.85. The zero-order valence-electron chi connectivity index (χ0n) is 13.5. The van der Waals surface area contributed by atoms with Crippen LogP contribution in [0.5, 0.6) is 5.75 Å². The Kier molecular flexibility index (Phi) is 9.06. The Morgan fingerprint density at radius 2 is 1.76 bits per heavy atom. The van der Waals surface area contributed by atoms with Gasteiger partial charge in [0.05, 0.1) is 13.2 Å². The van der Waals surface area contributed by atoms with Gasteiger partial charge in [-0.25, -0.2) is 0 Å². The molecule has 0 saturated carbocycles. The molecular formula is C16H27ClN2O2. The molecule has 0 aliphatic rings. The number of hydrogen-bond donors (Lipinski definition) is 2. The molecule has 5 heteroatoms. The van der Waals surface area contributed by atoms with Gasteiger partial charge in [-0.2, -0.15) is 0 Å². The van der Waals surface area contributed by atoms with E-state index in [9.17, 15) is 4.79 Å². The zero-order chi connectivity index (χ0) is 15.1. The second-order valence-electron chi connectivity index (χ2n) is 5.46. The minimum atomic E-state index is -0.0421. The molecule has 0 fully saturated rings. The van der Waals surface area contributed by atoms with Crippen molar-refractivity contribution in [3.63, 3.8) is 0 Å². The van der Waals surface area contributed by atoms with E-state index in [0.717, 1.165) is 11.3 Å². The fraction of sp³-hybridized carbons (Fsp3) is 0.562. The van der Waals surface area contributed by atoms with Crippen LogP contribution in [0.15, 0.2) is 24.3 Å². The largest absolute Gasteiger partial charge is 0.497 e. The van der Waals surface area contributed by atoms with Crippen LogP contribution in [0.4, 0.5) is 0 Å². The summed E-state index contributed by atoms with van der Waals surface area (Å²) in [6, 6.07) is 7.88. The molecule has 0 radical (unpaired) electrons. The van der Waals surface area contributed by atoms with Crippen molar-refractivity contribution >= 4 is 18.3 Å². The first-order valence-corrected chi connectivity index (χ1v) is 7.08. The number of carbonyl (C=O) groups excluding carboxylic acids is 1. The average molecular weight is 315 g/mol. The quantitative estimate of drug-likeness (QED) is 0.813. The molecule has 1 rings (SSSR count). The Morgan fingerprint density at radius 3 is 2.19 bits per heavy atom. The van der Waals surface area contributed by atoms with Crippen LogP contribution in [0.25, 0.3) is 0 Å². The van der Waals surface area contributed by atoms with Crippen molar-refractivity contribution in [3.8, 4) is 5.75 Å². The van der Waals surface area contributed by atoms with E-state index < -0.39 is 0 Å². The Bertz CT molecular complexity index is 421. The normalized spacial score (nSPS) is 13.2. The van der Waals surface area contributed by atoms with Gasteiger partial charge in [0.2, 0.25) is 5.91 Å². The van der Waals surface area contributed by atoms with Gasteiger partial charge in [-0.1, -0.05) is 32.9 Å². The van der Waals surface area contributed by atoms with Gasteiger partial charge in [-0.15, -0.1) is 12.4 Å². The van der Waals surface area contributed by atoms with Gasteiger partial charge in [-0.05, 0) is 30.7 Å². The third-order valence-electron chi connectivity index (χ3n) is 3.40. The fourth-order valence-corrected chi connectivity index (χ4v) is 2.14. The lowest BCUT2D eigenvalue weighted by atomic mass is 9.95. The molecule has 0 saturated heterocycles. The molecule has 0 spiro atoms. The van der Waals surface area contributed by atoms with Crippen LogP contribution < -0.4 is 15.4 Å². The lowest BCUT2D eigenvalue weighted by Crippen LogP contribution is -2.38. The molecule has 0 bridgehead atoms. The van der Waals surface area contributed by atoms with E-state index >= 15 is 0 Å². The van der Waals surface area contributed by atoms with Crippen molar-refractivity contribution < 1.29 is 9.53 Å². The third kappa shape index (κ3) is 5.94. The first-order valence-electron chi connectivity index (χ1n) is 7.08. The number of carbonyl (C=O) groups is 1. The number of methoxy groups -OCH3 is 1. The number of rotatable bonds is 7. The fourth-order valence-electron chi connectivity index (χ4n) is 2.14. The van der Waals surface area contributed by atoms with Crippen LogP contribution >= 0.6 is 12.4 Å². The summed E-state index contributed by atoms with van der Waals surface area (Å²) in [6.45, 7) is 6.83. The van der Waals surface area contributed by atoms with E-state index in [2.05, 4.69) is 24.5 Å². The van der Waals surface area contributed by atoms with Gasteiger partial charge >= 0.3 is 0 Å². The smallest absolute Gasteiger partial charge is 0.224 e. The number of halogens is 1. The summed E-state index contributed by atoms with van der Waals surface area (Å²) in [5.74, 6) is 1.19. The van der Waals surface area contributed by atoms with Crippen LogP contribution in [-0.2, 0) is 4.79 Å². The first kappa shape index (κ1) is 19.7. The molecular weight excluding hydrogens is 288 g/mol. The summed E-state index contributed by atoms with van der Waals surface area (Å²) >= 11 is 0. The van der Waals surface area contributed by atoms with Crippen LogP contribution in [0.1, 0.15) is 32.4 Å². The molecule has 0 aliphatic heterocycles. The predicted molar refractivity (Wildman–Crippen MR) is 89.1 cm³/mol. The number of ether oxygens (including phenoxy) is 1. The summed E-state index contributed by atoms with van der Waals surface area (Å²) in [7, 11) is 3.50. The monoisotopic (exact) mass is 314 g/mol. The van der Waals surface area contributed by atoms with Crippen molar-refractivity contribution in [2.75, 3.05) is 20.7 Å². The van der Waals surface area contributed by atoms with Crippen LogP contribution in [0.2, 0.25) is 0 Å². The van der Waals surface area contributed by atoms with Gasteiger partial charge in [0, 0.05) is 12.5 Å². The summed E-state index contributed by atoms with van der Waals surface area (Å²) in [4.78, 5) is 12.2. The first-order chi connectivity index (χ1) is 9.49. The standard InChI is InChI=1S/C16H26N2O2.ClH/c1-11(2)15(18-16(19)12(3)10-17-4)13-6-8-14(20-5)9-7-13;/h6-9,11-12,15,17H,10H2,1-5H3,(H,18,19);1H. The van der Waals surface area contributed by atoms with Crippen LogP contribution in [0.3, 0.4) is 0 Å². The summed E-state index contributed by atoms with van der Waals surface area (Å²) in [5.41, 5.74) is 1.10. The molecule has 0 aliphatic carbocycles. The van der Waals surface area contributed by atoms with E-state index in [1.54, 1.807) is 7.11 Å². The van der Waals surface area contributed by atoms with Gasteiger partial charge in [-0.3, -0.25) is 4.79 Å². The molecule has 1 aromatic rings. The SMILES string of the molecule is CNCC(C)C(=O)NC(c1ccc(OC)cc1)C(C)C.Cl. The number of benzene rings is 1. The van der Waals surface area contributed by atoms with E-state index in [1.807, 2.05) is 38.2 Å². The van der Waals surface area contributed by atoms with Crippen molar-refractivity contribution in [2.45, 2.75) is 26.8 Å². The maximum absolute atomic E-state index is 12.2. The van der Waals surface area contributed by atoms with Crippen molar-refractivity contribution in [1.82, 2.24) is 10.6 Å². The molecule has 2 unspecified atom stereocenters. The highest BCUT2D eigenvalue weighted by Crippen LogP contribution is 2.24. The van der Waals surface area contributed by atoms with E-state index in [-0.39, 0.29) is 30.3 Å². The van der Waals surface area contributed by atoms with Gasteiger partial charge < -0.3 is 15.4 Å². The Hall–Kier alpha value is -1.26. The van der Waals surface area contributed by atoms with E-state index in [1.165, 1.54) is 0 Å². The maximum Gasteiger partial charge on any atom is 0.224 e. The summed E-state index contributed by atoms with van der Waals surface area (Å²) in [6.07, 6.45) is 0. The van der Waals surface area contributed by atoms with E-state index in [4.69, 9.17) is 4.74 Å². The number of hydrogen-bond acceptors (Lipinski definition) is 3. The predicted octanol–water partition coefficient (Wildman–Crippen LogP) is 2.79. The highest BCUT2D eigenvalue weighted by Gasteiger charge is 2.21. The van der Waals surface area contributed by atoms with Gasteiger partial charge in [0.25, 0.3) is 0 Å². The third-order valence-corrected chi connectivity index (χ3v) is 3.40. The molecule has 1 aromatic carbocycles. The molecule has 0 aromatic heterocycles. The maximum atomic E-state index is 12.2. The molecule has 2 atom stereocenters. The molecule has 2 N–H and O–H groups in total. The summed E-state index contributed by atoms with van der Waals surface area (Å²) in [5, 5.41) is 6.16. The Balaban J connectivity index is 0.00000400. The summed E-state index contributed by atoms with van der Waals surface area (Å²) < 4.78 is 5.17. The van der Waals surface area contributed by atoms with Crippen LogP contribution in [-0.4, -0.2) is 26.6 Å². The Labute approximate surface area is 134 Å². The van der Waals surface area contributed by atoms with Crippen molar-refractivity contribution in [2.24, 2.45) is 11.8 Å². The van der Waals surface area contributed by atoms with Crippen molar-refractivity contribution in [1.29, 1.82) is 0 Å². The molecule has 0 heterocycles. The van der Waals surface area contributed by atoms with Crippen molar-refractivity contribution in [3.05, 3.63) is 29.8 Å². The highest BCUT2D eigenvalue weighted by atomic mass is 35.5. The van der Waals surface area contributed by atoms with Gasteiger partial charge in [0.15, 0.2) is 0 Å². The van der Waals surface area contributed by atoms with Gasteiger partial charge in [0.1, 0.15) is 5.75 Å². The average Bonchev–Trinajstić information content (AvgIpc) is 2.44. The molecule has 1 amide bonds. The topological polar surface area (TPSA) is 50.4 Å². The zero-order valence-corrected chi connectivity index (χ0v) is 14.3. The number of amides is 1. The minimum Gasteiger partial charge on any atom is -0.497 e. The second-order valence-corrected chi connectivity index (χ2v) is 5.46. The van der Waals surface area contributed by atoms with Crippen LogP contribution in [0, 0.1) is 11.8 Å². The lowest BCUT2D eigenvalue weighted by molar-refractivity contribution is -0.125.